The lowest BCUT2D eigenvalue weighted by atomic mass is 9.92. The SMILES string of the molecule is CC(C)(C)OC=O.CC(CC1CN(c2ncc(C(F)(F)F)cn2)CCN1C(=O)O)c1c[nH]c(=O)c(C(F)(F)F)c1. The van der Waals surface area contributed by atoms with Gasteiger partial charge in [-0.1, -0.05) is 6.92 Å². The first-order valence-corrected chi connectivity index (χ1v) is 11.9. The molecule has 0 aliphatic carbocycles. The van der Waals surface area contributed by atoms with E-state index in [9.17, 15) is 45.8 Å². The molecule has 2 atom stereocenters. The van der Waals surface area contributed by atoms with Gasteiger partial charge < -0.3 is 24.6 Å². The summed E-state index contributed by atoms with van der Waals surface area (Å²) in [6.45, 7) is 7.65. The molecule has 2 aromatic heterocycles. The van der Waals surface area contributed by atoms with Crippen molar-refractivity contribution in [2.75, 3.05) is 24.5 Å². The molecule has 0 spiro atoms. The topological polar surface area (TPSA) is 129 Å². The molecule has 2 unspecified atom stereocenters. The van der Waals surface area contributed by atoms with Gasteiger partial charge in [-0.15, -0.1) is 0 Å². The van der Waals surface area contributed by atoms with Crippen LogP contribution in [0.25, 0.3) is 0 Å². The second-order valence-electron chi connectivity index (χ2n) is 9.98. The Hall–Kier alpha value is -3.85. The first-order chi connectivity index (χ1) is 18.3. The van der Waals surface area contributed by atoms with Gasteiger partial charge in [0.05, 0.1) is 11.6 Å². The summed E-state index contributed by atoms with van der Waals surface area (Å²) in [7, 11) is 0. The van der Waals surface area contributed by atoms with Crippen molar-refractivity contribution in [3.8, 4) is 0 Å². The van der Waals surface area contributed by atoms with Crippen LogP contribution in [-0.4, -0.2) is 68.8 Å². The minimum Gasteiger partial charge on any atom is -0.465 e. The Kier molecular flexibility index (Phi) is 10.2. The molecule has 1 aliphatic heterocycles. The lowest BCUT2D eigenvalue weighted by molar-refractivity contribution is -0.139. The number of anilines is 1. The number of nitrogens with one attached hydrogen (secondary N) is 1. The van der Waals surface area contributed by atoms with Crippen molar-refractivity contribution in [2.24, 2.45) is 0 Å². The highest BCUT2D eigenvalue weighted by Gasteiger charge is 2.36. The van der Waals surface area contributed by atoms with Gasteiger partial charge in [-0.3, -0.25) is 9.59 Å². The molecule has 3 heterocycles. The minimum atomic E-state index is -4.85. The number of halogens is 6. The van der Waals surface area contributed by atoms with E-state index in [-0.39, 0.29) is 43.2 Å². The zero-order chi connectivity index (χ0) is 30.5. The Bertz CT molecular complexity index is 1210. The molecular weight excluding hydrogens is 552 g/mol. The molecule has 2 aromatic rings. The van der Waals surface area contributed by atoms with E-state index in [0.29, 0.717) is 18.9 Å². The van der Waals surface area contributed by atoms with Gasteiger partial charge >= 0.3 is 18.4 Å². The second-order valence-corrected chi connectivity index (χ2v) is 9.98. The van der Waals surface area contributed by atoms with Crippen LogP contribution >= 0.6 is 0 Å². The molecule has 3 rings (SSSR count). The summed E-state index contributed by atoms with van der Waals surface area (Å²) in [5.41, 5.74) is -3.82. The molecule has 0 aromatic carbocycles. The fraction of sp³-hybridized carbons (Fsp3) is 0.542. The van der Waals surface area contributed by atoms with Gasteiger partial charge in [-0.2, -0.15) is 26.3 Å². The van der Waals surface area contributed by atoms with Crippen LogP contribution in [0.3, 0.4) is 0 Å². The molecule has 1 amide bonds. The van der Waals surface area contributed by atoms with Gasteiger partial charge in [-0.05, 0) is 44.7 Å². The average Bonchev–Trinajstić information content (AvgIpc) is 2.82. The van der Waals surface area contributed by atoms with Crippen molar-refractivity contribution < 1.29 is 45.8 Å². The second kappa shape index (κ2) is 12.6. The zero-order valence-electron chi connectivity index (χ0n) is 22.0. The highest BCUT2D eigenvalue weighted by atomic mass is 19.4. The van der Waals surface area contributed by atoms with E-state index in [1.807, 2.05) is 20.8 Å². The number of hydrogen-bond acceptors (Lipinski definition) is 7. The Balaban J connectivity index is 0.000000708. The third kappa shape index (κ3) is 9.12. The predicted molar refractivity (Wildman–Crippen MR) is 130 cm³/mol. The third-order valence-corrected chi connectivity index (χ3v) is 5.80. The Morgan fingerprint density at radius 2 is 1.75 bits per heavy atom. The smallest absolute Gasteiger partial charge is 0.421 e. The normalized spacial score (nSPS) is 17.0. The molecule has 2 N–H and O–H groups in total. The van der Waals surface area contributed by atoms with E-state index < -0.39 is 47.1 Å². The fourth-order valence-corrected chi connectivity index (χ4v) is 3.81. The average molecular weight is 582 g/mol. The summed E-state index contributed by atoms with van der Waals surface area (Å²) in [6.07, 6.45) is -8.20. The summed E-state index contributed by atoms with van der Waals surface area (Å²) >= 11 is 0. The van der Waals surface area contributed by atoms with E-state index in [0.717, 1.165) is 17.2 Å². The van der Waals surface area contributed by atoms with Gasteiger partial charge in [0.15, 0.2) is 0 Å². The summed E-state index contributed by atoms with van der Waals surface area (Å²) in [5, 5.41) is 9.52. The van der Waals surface area contributed by atoms with Gasteiger partial charge in [0, 0.05) is 38.2 Å². The molecule has 10 nitrogen and oxygen atoms in total. The predicted octanol–water partition coefficient (Wildman–Crippen LogP) is 4.52. The van der Waals surface area contributed by atoms with Crippen LogP contribution < -0.4 is 10.5 Å². The maximum Gasteiger partial charge on any atom is 0.421 e. The number of ether oxygens (including phenoxy) is 1. The number of carboxylic acid groups (broad SMARTS) is 1. The monoisotopic (exact) mass is 581 g/mol. The number of pyridine rings is 1. The zero-order valence-corrected chi connectivity index (χ0v) is 22.0. The first-order valence-electron chi connectivity index (χ1n) is 11.9. The number of piperazine rings is 1. The van der Waals surface area contributed by atoms with Crippen molar-refractivity contribution in [1.82, 2.24) is 19.9 Å². The molecule has 40 heavy (non-hydrogen) atoms. The molecule has 1 fully saturated rings. The van der Waals surface area contributed by atoms with E-state index in [1.165, 1.54) is 4.90 Å². The van der Waals surface area contributed by atoms with Crippen molar-refractivity contribution in [3.05, 3.63) is 51.7 Å². The minimum absolute atomic E-state index is 0.00345. The summed E-state index contributed by atoms with van der Waals surface area (Å²) in [6, 6.07) is 0.0205. The van der Waals surface area contributed by atoms with Crippen molar-refractivity contribution in [3.63, 3.8) is 0 Å². The maximum atomic E-state index is 13.1. The fourth-order valence-electron chi connectivity index (χ4n) is 3.81. The molecule has 1 aliphatic rings. The number of carbonyl (C=O) groups excluding carboxylic acids is 1. The number of amides is 1. The Morgan fingerprint density at radius 1 is 1.15 bits per heavy atom. The van der Waals surface area contributed by atoms with Crippen LogP contribution in [0.2, 0.25) is 0 Å². The van der Waals surface area contributed by atoms with E-state index in [2.05, 4.69) is 19.7 Å². The number of hydrogen-bond donors (Lipinski definition) is 2. The van der Waals surface area contributed by atoms with Gasteiger partial charge in [0.2, 0.25) is 5.95 Å². The lowest BCUT2D eigenvalue weighted by Crippen LogP contribution is -2.55. The molecule has 0 radical (unpaired) electrons. The van der Waals surface area contributed by atoms with Crippen molar-refractivity contribution in [2.45, 2.75) is 64.0 Å². The third-order valence-electron chi connectivity index (χ3n) is 5.80. The maximum absolute atomic E-state index is 13.1. The number of H-pyrrole nitrogens is 1. The molecule has 222 valence electrons. The largest absolute Gasteiger partial charge is 0.465 e. The standard InChI is InChI=1S/C19H19F6N5O3.C5H10O2/c1-10(11-5-14(19(23,24)25)15(31)26-6-11)4-13-9-29(2-3-30(13)17(32)33)16-27-7-12(8-28-16)18(20,21)22;1-5(2,3)7-4-6/h5-8,10,13H,2-4,9H2,1H3,(H,26,31)(H,32,33);4H,1-3H3. The van der Waals surface area contributed by atoms with Crippen LogP contribution in [0.1, 0.15) is 56.7 Å². The molecule has 0 bridgehead atoms. The summed E-state index contributed by atoms with van der Waals surface area (Å²) < 4.78 is 81.9. The van der Waals surface area contributed by atoms with E-state index in [4.69, 9.17) is 0 Å². The van der Waals surface area contributed by atoms with Crippen LogP contribution in [0.15, 0.2) is 29.5 Å². The van der Waals surface area contributed by atoms with Gasteiger partial charge in [0.1, 0.15) is 11.2 Å². The van der Waals surface area contributed by atoms with Crippen LogP contribution in [-0.2, 0) is 21.9 Å². The van der Waals surface area contributed by atoms with Crippen molar-refractivity contribution >= 4 is 18.5 Å². The van der Waals surface area contributed by atoms with Crippen LogP contribution in [0, 0.1) is 0 Å². The molecular formula is C24H29F6N5O5. The Labute approximate surface area is 225 Å². The number of aromatic nitrogens is 3. The highest BCUT2D eigenvalue weighted by molar-refractivity contribution is 5.66. The van der Waals surface area contributed by atoms with E-state index >= 15 is 0 Å². The highest BCUT2D eigenvalue weighted by Crippen LogP contribution is 2.31. The molecule has 1 saturated heterocycles. The van der Waals surface area contributed by atoms with Crippen LogP contribution in [0.4, 0.5) is 37.1 Å². The summed E-state index contributed by atoms with van der Waals surface area (Å²) in [4.78, 5) is 44.9. The summed E-state index contributed by atoms with van der Waals surface area (Å²) in [5.74, 6) is -0.600. The number of aromatic amines is 1. The lowest BCUT2D eigenvalue weighted by Gasteiger charge is -2.41. The van der Waals surface area contributed by atoms with Crippen molar-refractivity contribution in [1.29, 1.82) is 0 Å². The quantitative estimate of drug-likeness (QED) is 0.390. The van der Waals surface area contributed by atoms with Crippen LogP contribution in [0.5, 0.6) is 0 Å². The number of rotatable bonds is 5. The van der Waals surface area contributed by atoms with Gasteiger partial charge in [-0.25, -0.2) is 14.8 Å². The number of carbonyl (C=O) groups is 2. The van der Waals surface area contributed by atoms with E-state index in [1.54, 1.807) is 6.92 Å². The number of alkyl halides is 6. The number of nitrogens with zero attached hydrogens (tertiary/aromatic N) is 4. The molecule has 16 heteroatoms. The Morgan fingerprint density at radius 3 is 2.20 bits per heavy atom. The van der Waals surface area contributed by atoms with Gasteiger partial charge in [0.25, 0.3) is 12.0 Å². The molecule has 0 saturated carbocycles. The first kappa shape index (κ1) is 32.4.